The molecule has 4 nitrogen and oxygen atoms in total. The van der Waals surface area contributed by atoms with E-state index in [0.717, 1.165) is 23.1 Å². The second kappa shape index (κ2) is 9.26. The van der Waals surface area contributed by atoms with Gasteiger partial charge in [0.25, 0.3) is 10.0 Å². The molecule has 0 saturated heterocycles. The van der Waals surface area contributed by atoms with Gasteiger partial charge >= 0.3 is 0 Å². The molecule has 2 atom stereocenters. The highest BCUT2D eigenvalue weighted by Gasteiger charge is 2.63. The zero-order valence-electron chi connectivity index (χ0n) is 17.5. The summed E-state index contributed by atoms with van der Waals surface area (Å²) < 4.78 is 36.2. The van der Waals surface area contributed by atoms with E-state index in [1.807, 2.05) is 43.3 Å². The quantitative estimate of drug-likeness (QED) is 0.415. The van der Waals surface area contributed by atoms with Gasteiger partial charge in [0.05, 0.1) is 15.6 Å². The molecular weight excluding hydrogens is 465 g/mol. The predicted octanol–water partition coefficient (Wildman–Crippen LogP) is 6.16. The van der Waals surface area contributed by atoms with Crippen LogP contribution in [0.15, 0.2) is 88.2 Å². The van der Waals surface area contributed by atoms with E-state index in [2.05, 4.69) is 22.6 Å². The molecule has 3 aromatic rings. The monoisotopic (exact) mass is 487 g/mol. The number of nitrogens with zero attached hydrogens (tertiary/aromatic N) is 1. The second-order valence-corrected chi connectivity index (χ2v) is 10.3. The molecule has 3 aromatic carbocycles. The zero-order chi connectivity index (χ0) is 22.8. The van der Waals surface area contributed by atoms with Crippen molar-refractivity contribution in [2.45, 2.75) is 36.2 Å². The molecule has 1 aliphatic heterocycles. The highest BCUT2D eigenvalue weighted by Crippen LogP contribution is 2.63. The van der Waals surface area contributed by atoms with E-state index in [0.29, 0.717) is 12.5 Å². The summed E-state index contributed by atoms with van der Waals surface area (Å²) in [5.74, 6) is 0.461. The largest absolute Gasteiger partial charge is 0.475 e. The van der Waals surface area contributed by atoms with E-state index < -0.39 is 15.4 Å². The Morgan fingerprint density at radius 1 is 0.969 bits per heavy atom. The van der Waals surface area contributed by atoms with Crippen molar-refractivity contribution in [2.24, 2.45) is 4.40 Å². The Hall–Kier alpha value is -2.34. The second-order valence-electron chi connectivity index (χ2n) is 7.87. The smallest absolute Gasteiger partial charge is 0.285 e. The first-order valence-electron chi connectivity index (χ1n) is 10.2. The minimum absolute atomic E-state index is 0.150. The van der Waals surface area contributed by atoms with Gasteiger partial charge in [0.1, 0.15) is 6.61 Å². The van der Waals surface area contributed by atoms with Crippen LogP contribution in [0.25, 0.3) is 0 Å². The van der Waals surface area contributed by atoms with Gasteiger partial charge in [0, 0.05) is 5.92 Å². The average molecular weight is 488 g/mol. The lowest BCUT2D eigenvalue weighted by molar-refractivity contribution is 0.259. The summed E-state index contributed by atoms with van der Waals surface area (Å²) in [6, 6.07) is 25.0. The number of benzene rings is 3. The van der Waals surface area contributed by atoms with Crippen LogP contribution >= 0.6 is 23.2 Å². The fourth-order valence-corrected chi connectivity index (χ4v) is 5.36. The van der Waals surface area contributed by atoms with Crippen LogP contribution in [-0.2, 0) is 26.8 Å². The molecule has 1 saturated carbocycles. The first-order chi connectivity index (χ1) is 15.4. The molecule has 2 aliphatic rings. The first kappa shape index (κ1) is 22.8. The molecule has 0 radical (unpaired) electrons. The first-order valence-corrected chi connectivity index (χ1v) is 12.7. The van der Waals surface area contributed by atoms with Crippen molar-refractivity contribution < 1.29 is 13.2 Å². The summed E-state index contributed by atoms with van der Waals surface area (Å²) in [7, 11) is -3.85. The number of rotatable bonds is 3. The van der Waals surface area contributed by atoms with E-state index in [9.17, 15) is 8.42 Å². The topological polar surface area (TPSA) is 55.7 Å². The van der Waals surface area contributed by atoms with Gasteiger partial charge in [-0.2, -0.15) is 8.42 Å². The minimum Gasteiger partial charge on any atom is -0.475 e. The zero-order valence-corrected chi connectivity index (χ0v) is 19.9. The Labute approximate surface area is 198 Å². The van der Waals surface area contributed by atoms with Crippen LogP contribution in [0.4, 0.5) is 0 Å². The summed E-state index contributed by atoms with van der Waals surface area (Å²) in [6.45, 7) is 2.26. The number of hydrogen-bond donors (Lipinski definition) is 0. The van der Waals surface area contributed by atoms with Crippen LogP contribution in [0.3, 0.4) is 0 Å². The predicted molar refractivity (Wildman–Crippen MR) is 129 cm³/mol. The van der Waals surface area contributed by atoms with Crippen molar-refractivity contribution in [2.75, 3.05) is 5.34 Å². The van der Waals surface area contributed by atoms with Crippen LogP contribution in [0.5, 0.6) is 0 Å². The molecule has 0 bridgehead atoms. The molecule has 0 amide bonds. The third kappa shape index (κ3) is 4.29. The highest BCUT2D eigenvalue weighted by molar-refractivity contribution is 7.90. The number of ether oxygens (including phenoxy) is 1. The molecule has 7 heteroatoms. The number of hydrogen-bond acceptors (Lipinski definition) is 3. The van der Waals surface area contributed by atoms with Gasteiger partial charge in [-0.15, -0.1) is 27.6 Å². The van der Waals surface area contributed by atoms with Crippen molar-refractivity contribution in [3.8, 4) is 0 Å². The number of sulfonamides is 1. The van der Waals surface area contributed by atoms with E-state index in [-0.39, 0.29) is 16.2 Å². The summed E-state index contributed by atoms with van der Waals surface area (Å²) in [5, 5.41) is 0.194. The third-order valence-electron chi connectivity index (χ3n) is 5.93. The number of alkyl halides is 2. The Balaban J connectivity index is 0.000000775. The Kier molecular flexibility index (Phi) is 6.61. The Bertz CT molecular complexity index is 1230. The lowest BCUT2D eigenvalue weighted by Gasteiger charge is -2.28. The van der Waals surface area contributed by atoms with Gasteiger partial charge in [0.2, 0.25) is 5.90 Å². The van der Waals surface area contributed by atoms with Crippen molar-refractivity contribution in [3.63, 3.8) is 0 Å². The fraction of sp³-hybridized carbons (Fsp3) is 0.240. The Morgan fingerprint density at radius 3 is 2.28 bits per heavy atom. The number of aryl methyl sites for hydroxylation is 1. The van der Waals surface area contributed by atoms with Crippen LogP contribution in [-0.4, -0.2) is 19.7 Å². The molecule has 1 fully saturated rings. The van der Waals surface area contributed by atoms with Gasteiger partial charge in [-0.3, -0.25) is 0 Å². The van der Waals surface area contributed by atoms with Crippen LogP contribution < -0.4 is 0 Å². The molecule has 0 N–H and O–H groups in total. The normalized spacial score (nSPS) is 22.5. The fourth-order valence-electron chi connectivity index (χ4n) is 4.34. The molecule has 0 aromatic heterocycles. The van der Waals surface area contributed by atoms with E-state index >= 15 is 0 Å². The van der Waals surface area contributed by atoms with Crippen molar-refractivity contribution >= 4 is 39.1 Å². The van der Waals surface area contributed by atoms with Gasteiger partial charge in [-0.25, -0.2) is 0 Å². The minimum atomic E-state index is -3.85. The van der Waals surface area contributed by atoms with E-state index in [1.165, 1.54) is 5.56 Å². The molecule has 1 aliphatic carbocycles. The molecule has 166 valence electrons. The standard InChI is InChI=1S/C24H21NO3S.CH2Cl2/c1-17-11-13-20(14-12-17)29(26,27)25-23-24(15-22(24)18-7-3-2-4-8-18)21-10-6-5-9-19(21)16-28-23;2-1-3/h2-14,22H,15-16H2,1H3;1H2/b25-23-;/t22-,24-;/m0./s1. The van der Waals surface area contributed by atoms with Crippen LogP contribution in [0, 0.1) is 6.92 Å². The summed E-state index contributed by atoms with van der Waals surface area (Å²) >= 11 is 9.53. The van der Waals surface area contributed by atoms with Crippen LogP contribution in [0.2, 0.25) is 0 Å². The van der Waals surface area contributed by atoms with Crippen molar-refractivity contribution in [1.29, 1.82) is 0 Å². The maximum absolute atomic E-state index is 13.0. The van der Waals surface area contributed by atoms with Gasteiger partial charge < -0.3 is 4.74 Å². The summed E-state index contributed by atoms with van der Waals surface area (Å²) in [5.41, 5.74) is 3.87. The van der Waals surface area contributed by atoms with Gasteiger partial charge in [-0.1, -0.05) is 72.3 Å². The molecule has 0 unspecified atom stereocenters. The van der Waals surface area contributed by atoms with Crippen LogP contribution in [0.1, 0.15) is 34.6 Å². The third-order valence-corrected chi connectivity index (χ3v) is 7.20. The molecular formula is C25H23Cl2NO3S. The lowest BCUT2D eigenvalue weighted by Crippen LogP contribution is -2.32. The SMILES string of the molecule is Cc1ccc(S(=O)(=O)/N=C2\OCc3ccccc3[C@]23C[C@H]3c2ccccc2)cc1.ClCCl. The van der Waals surface area contributed by atoms with E-state index in [1.54, 1.807) is 24.3 Å². The summed E-state index contributed by atoms with van der Waals surface area (Å²) in [6.07, 6.45) is 0.788. The maximum atomic E-state index is 13.0. The molecule has 1 heterocycles. The van der Waals surface area contributed by atoms with Gasteiger partial charge in [0.15, 0.2) is 0 Å². The molecule has 1 spiro atoms. The van der Waals surface area contributed by atoms with Crippen molar-refractivity contribution in [1.82, 2.24) is 0 Å². The van der Waals surface area contributed by atoms with E-state index in [4.69, 9.17) is 27.9 Å². The number of halogens is 2. The van der Waals surface area contributed by atoms with Crippen molar-refractivity contribution in [3.05, 3.63) is 101 Å². The summed E-state index contributed by atoms with van der Waals surface area (Å²) in [4.78, 5) is 0.185. The van der Waals surface area contributed by atoms with Gasteiger partial charge in [-0.05, 0) is 42.2 Å². The molecule has 5 rings (SSSR count). The lowest BCUT2D eigenvalue weighted by atomic mass is 9.85. The average Bonchev–Trinajstić information content (AvgIpc) is 3.54. The maximum Gasteiger partial charge on any atom is 0.285 e. The highest BCUT2D eigenvalue weighted by atomic mass is 35.5. The molecule has 32 heavy (non-hydrogen) atoms. The Morgan fingerprint density at radius 2 is 1.59 bits per heavy atom. The number of fused-ring (bicyclic) bond motifs is 2.